The maximum absolute atomic E-state index is 13.4. The fourth-order valence-corrected chi connectivity index (χ4v) is 3.44. The van der Waals surface area contributed by atoms with Crippen LogP contribution in [0.15, 0.2) is 41.8 Å². The van der Waals surface area contributed by atoms with Gasteiger partial charge in [-0.3, -0.25) is 14.7 Å². The van der Waals surface area contributed by atoms with Crippen LogP contribution in [0.25, 0.3) is 10.8 Å². The third-order valence-electron chi connectivity index (χ3n) is 5.12. The molecule has 37 heavy (non-hydrogen) atoms. The van der Waals surface area contributed by atoms with Gasteiger partial charge in [0.25, 0.3) is 0 Å². The largest absolute Gasteiger partial charge is 0.480 e. The zero-order chi connectivity index (χ0) is 27.3. The lowest BCUT2D eigenvalue weighted by molar-refractivity contribution is -0.189. The summed E-state index contributed by atoms with van der Waals surface area (Å²) in [5, 5.41) is 15.9. The number of fused-ring (bicyclic) bond motifs is 1. The van der Waals surface area contributed by atoms with Gasteiger partial charge in [-0.2, -0.15) is 18.3 Å². The summed E-state index contributed by atoms with van der Waals surface area (Å²) in [6, 6.07) is 5.80. The van der Waals surface area contributed by atoms with E-state index < -0.39 is 18.9 Å². The number of alkyl halides is 3. The monoisotopic (exact) mass is 559 g/mol. The minimum Gasteiger partial charge on any atom is -0.480 e. The molecule has 9 nitrogen and oxygen atoms in total. The Morgan fingerprint density at radius 2 is 1.97 bits per heavy atom. The molecule has 1 aromatic carbocycles. The number of carbonyl (C=O) groups is 1. The van der Waals surface area contributed by atoms with E-state index in [1.807, 2.05) is 0 Å². The highest BCUT2D eigenvalue weighted by Gasteiger charge is 2.38. The van der Waals surface area contributed by atoms with Crippen molar-refractivity contribution in [1.29, 1.82) is 0 Å². The Bertz CT molecular complexity index is 1310. The maximum atomic E-state index is 13.4. The lowest BCUT2D eigenvalue weighted by Crippen LogP contribution is -2.34. The topological polar surface area (TPSA) is 100 Å². The molecule has 1 amide bonds. The third kappa shape index (κ3) is 6.70. The molecule has 0 bridgehead atoms. The number of likely N-dealkylation sites (N-methyl/N-ethyl adjacent to an activating group) is 1. The standard InChI is InChI=1S/C23H22Cl2F3N5O4/c1-4-33(12-35)20(11-34)31-32(3)15-7-14-5-6-29-22(37-17-9-19(25)30-10-16(17)24)21(14)18(8-15)36-13(2)23(26,27)28/h5-10,12-13,34H,4,11H2,1-3H3/b31-20-. The first-order valence-electron chi connectivity index (χ1n) is 10.8. The molecule has 0 spiro atoms. The molecule has 3 rings (SSSR count). The zero-order valence-corrected chi connectivity index (χ0v) is 21.3. The van der Waals surface area contributed by atoms with Crippen LogP contribution in [0.5, 0.6) is 17.4 Å². The second-order valence-electron chi connectivity index (χ2n) is 7.59. The van der Waals surface area contributed by atoms with E-state index in [0.29, 0.717) is 17.5 Å². The summed E-state index contributed by atoms with van der Waals surface area (Å²) < 4.78 is 51.4. The molecule has 3 aromatic rings. The number of hydrogen-bond acceptors (Lipinski definition) is 8. The van der Waals surface area contributed by atoms with Crippen LogP contribution in [0.1, 0.15) is 13.8 Å². The first kappa shape index (κ1) is 28.2. The van der Waals surface area contributed by atoms with Crippen LogP contribution < -0.4 is 14.5 Å². The van der Waals surface area contributed by atoms with Crippen molar-refractivity contribution >= 4 is 51.9 Å². The fourth-order valence-electron chi connectivity index (χ4n) is 3.15. The minimum atomic E-state index is -4.66. The maximum Gasteiger partial charge on any atom is 0.425 e. The number of pyridine rings is 2. The first-order valence-corrected chi connectivity index (χ1v) is 11.5. The molecule has 198 valence electrons. The second kappa shape index (κ2) is 11.8. The number of anilines is 1. The average molecular weight is 560 g/mol. The summed E-state index contributed by atoms with van der Waals surface area (Å²) in [5.41, 5.74) is 0.298. The van der Waals surface area contributed by atoms with Crippen LogP contribution in [0.2, 0.25) is 10.2 Å². The highest BCUT2D eigenvalue weighted by atomic mass is 35.5. The van der Waals surface area contributed by atoms with Gasteiger partial charge >= 0.3 is 6.18 Å². The van der Waals surface area contributed by atoms with Gasteiger partial charge in [0.05, 0.1) is 17.3 Å². The number of aliphatic hydroxyl groups is 1. The van der Waals surface area contributed by atoms with Crippen LogP contribution >= 0.6 is 23.2 Å². The average Bonchev–Trinajstić information content (AvgIpc) is 2.85. The van der Waals surface area contributed by atoms with Gasteiger partial charge in [-0.05, 0) is 31.4 Å². The smallest absolute Gasteiger partial charge is 0.425 e. The molecule has 0 aliphatic rings. The molecule has 0 fully saturated rings. The lowest BCUT2D eigenvalue weighted by Gasteiger charge is -2.23. The number of amides is 1. The van der Waals surface area contributed by atoms with Gasteiger partial charge < -0.3 is 14.6 Å². The second-order valence-corrected chi connectivity index (χ2v) is 8.38. The van der Waals surface area contributed by atoms with Crippen molar-refractivity contribution in [3.8, 4) is 17.4 Å². The molecular formula is C23H22Cl2F3N5O4. The van der Waals surface area contributed by atoms with E-state index in [9.17, 15) is 23.1 Å². The predicted octanol–water partition coefficient (Wildman–Crippen LogP) is 5.28. The summed E-state index contributed by atoms with van der Waals surface area (Å²) in [7, 11) is 1.50. The van der Waals surface area contributed by atoms with Crippen molar-refractivity contribution in [2.45, 2.75) is 26.1 Å². The number of halogens is 5. The van der Waals surface area contributed by atoms with Crippen molar-refractivity contribution in [3.63, 3.8) is 0 Å². The Hall–Kier alpha value is -3.35. The molecule has 14 heteroatoms. The molecule has 1 N–H and O–H groups in total. The Labute approximate surface area is 220 Å². The van der Waals surface area contributed by atoms with E-state index in [-0.39, 0.29) is 45.3 Å². The number of nitrogens with zero attached hydrogens (tertiary/aromatic N) is 5. The molecule has 0 aliphatic carbocycles. The lowest BCUT2D eigenvalue weighted by atomic mass is 10.1. The molecule has 1 unspecified atom stereocenters. The van der Waals surface area contributed by atoms with E-state index in [1.54, 1.807) is 19.1 Å². The number of amidine groups is 1. The van der Waals surface area contributed by atoms with E-state index in [4.69, 9.17) is 32.7 Å². The Kier molecular flexibility index (Phi) is 9.00. The van der Waals surface area contributed by atoms with Crippen LogP contribution in [0, 0.1) is 0 Å². The van der Waals surface area contributed by atoms with Crippen molar-refractivity contribution in [2.24, 2.45) is 5.10 Å². The van der Waals surface area contributed by atoms with Crippen LogP contribution in [0.4, 0.5) is 18.9 Å². The van der Waals surface area contributed by atoms with Crippen LogP contribution in [-0.2, 0) is 4.79 Å². The van der Waals surface area contributed by atoms with Crippen molar-refractivity contribution in [3.05, 3.63) is 46.8 Å². The number of rotatable bonds is 9. The van der Waals surface area contributed by atoms with Gasteiger partial charge in [-0.1, -0.05) is 23.2 Å². The van der Waals surface area contributed by atoms with E-state index in [2.05, 4.69) is 15.1 Å². The zero-order valence-electron chi connectivity index (χ0n) is 19.8. The van der Waals surface area contributed by atoms with Gasteiger partial charge in [0, 0.05) is 31.9 Å². The summed E-state index contributed by atoms with van der Waals surface area (Å²) in [5.74, 6) is -0.164. The molecule has 1 atom stereocenters. The molecule has 0 aliphatic heterocycles. The number of carbonyl (C=O) groups excluding carboxylic acids is 1. The van der Waals surface area contributed by atoms with E-state index >= 15 is 0 Å². The summed E-state index contributed by atoms with van der Waals surface area (Å²) in [6.45, 7) is 2.26. The summed E-state index contributed by atoms with van der Waals surface area (Å²) in [4.78, 5) is 20.5. The molecule has 2 aromatic heterocycles. The highest BCUT2D eigenvalue weighted by Crippen LogP contribution is 2.41. The van der Waals surface area contributed by atoms with Gasteiger partial charge in [0.1, 0.15) is 22.5 Å². The van der Waals surface area contributed by atoms with Crippen molar-refractivity contribution in [2.75, 3.05) is 25.2 Å². The number of aliphatic hydroxyl groups excluding tert-OH is 1. The molecule has 0 saturated heterocycles. The highest BCUT2D eigenvalue weighted by molar-refractivity contribution is 6.33. The van der Waals surface area contributed by atoms with Crippen LogP contribution in [-0.4, -0.2) is 64.7 Å². The number of benzene rings is 1. The Morgan fingerprint density at radius 3 is 2.59 bits per heavy atom. The molecule has 2 heterocycles. The normalized spacial score (nSPS) is 12.8. The molecule has 0 radical (unpaired) electrons. The SMILES string of the molecule is CCN(C=O)/C(CO)=N\N(C)c1cc(OC(C)C(F)(F)F)c2c(Oc3cc(Cl)ncc3Cl)nccc2c1. The van der Waals surface area contributed by atoms with Gasteiger partial charge in [0.15, 0.2) is 17.7 Å². The predicted molar refractivity (Wildman–Crippen MR) is 134 cm³/mol. The Morgan fingerprint density at radius 1 is 1.24 bits per heavy atom. The summed E-state index contributed by atoms with van der Waals surface area (Å²) in [6.07, 6.45) is -3.67. The van der Waals surface area contributed by atoms with Gasteiger partial charge in [0.2, 0.25) is 12.3 Å². The fraction of sp³-hybridized carbons (Fsp3) is 0.304. The van der Waals surface area contributed by atoms with Gasteiger partial charge in [-0.25, -0.2) is 9.97 Å². The number of aromatic nitrogens is 2. The number of hydrazone groups is 1. The van der Waals surface area contributed by atoms with Gasteiger partial charge in [-0.15, -0.1) is 0 Å². The third-order valence-corrected chi connectivity index (χ3v) is 5.61. The quantitative estimate of drug-likeness (QED) is 0.125. The first-order chi connectivity index (χ1) is 17.5. The minimum absolute atomic E-state index is 0.0363. The molecular weight excluding hydrogens is 538 g/mol. The Balaban J connectivity index is 2.17. The summed E-state index contributed by atoms with van der Waals surface area (Å²) >= 11 is 12.1. The van der Waals surface area contributed by atoms with E-state index in [0.717, 1.165) is 6.92 Å². The van der Waals surface area contributed by atoms with E-state index in [1.165, 1.54) is 41.5 Å². The number of hydrogen-bond donors (Lipinski definition) is 1. The molecule has 0 saturated carbocycles. The van der Waals surface area contributed by atoms with Crippen molar-refractivity contribution in [1.82, 2.24) is 14.9 Å². The van der Waals surface area contributed by atoms with Crippen molar-refractivity contribution < 1.29 is 32.5 Å². The van der Waals surface area contributed by atoms with Crippen LogP contribution in [0.3, 0.4) is 0 Å². The number of ether oxygens (including phenoxy) is 2.